The molecule has 1 saturated carbocycles. The van der Waals surface area contributed by atoms with Gasteiger partial charge in [-0.1, -0.05) is 37.1 Å². The van der Waals surface area contributed by atoms with Gasteiger partial charge in [0, 0.05) is 17.6 Å². The average Bonchev–Trinajstić information content (AvgIpc) is 3.30. The number of para-hydroxylation sites is 1. The molecule has 0 atom stereocenters. The van der Waals surface area contributed by atoms with Crippen LogP contribution in [0.2, 0.25) is 0 Å². The van der Waals surface area contributed by atoms with Crippen LogP contribution in [0.1, 0.15) is 42.9 Å². The molecule has 0 saturated heterocycles. The Morgan fingerprint density at radius 3 is 2.55 bits per heavy atom. The summed E-state index contributed by atoms with van der Waals surface area (Å²) < 4.78 is 8.66. The van der Waals surface area contributed by atoms with Crippen molar-refractivity contribution in [3.8, 4) is 11.4 Å². The number of hydrogen-bond acceptors (Lipinski definition) is 4. The first-order chi connectivity index (χ1) is 15.0. The average molecular weight is 415 g/mol. The first-order valence-electron chi connectivity index (χ1n) is 10.7. The number of pyridine rings is 1. The van der Waals surface area contributed by atoms with Crippen LogP contribution >= 0.6 is 0 Å². The molecule has 0 aliphatic heterocycles. The van der Waals surface area contributed by atoms with E-state index in [0.29, 0.717) is 27.9 Å². The van der Waals surface area contributed by atoms with Crippen LogP contribution in [0.25, 0.3) is 27.5 Å². The maximum atomic E-state index is 13.9. The summed E-state index contributed by atoms with van der Waals surface area (Å²) in [6.07, 6.45) is 5.59. The zero-order chi connectivity index (χ0) is 21.7. The predicted octanol–water partition coefficient (Wildman–Crippen LogP) is 4.44. The van der Waals surface area contributed by atoms with E-state index in [2.05, 4.69) is 4.98 Å². The first-order valence-corrected chi connectivity index (χ1v) is 10.7. The lowest BCUT2D eigenvalue weighted by atomic mass is 10.1. The van der Waals surface area contributed by atoms with Crippen LogP contribution < -0.4 is 16.0 Å². The van der Waals surface area contributed by atoms with Crippen LogP contribution in [-0.4, -0.2) is 21.2 Å². The summed E-state index contributed by atoms with van der Waals surface area (Å²) in [6, 6.07) is 11.5. The Kier molecular flexibility index (Phi) is 4.65. The van der Waals surface area contributed by atoms with Crippen molar-refractivity contribution in [2.75, 3.05) is 7.11 Å². The Hall–Kier alpha value is -3.41. The molecule has 0 amide bonds. The largest absolute Gasteiger partial charge is 0.494 e. The highest BCUT2D eigenvalue weighted by Crippen LogP contribution is 2.34. The van der Waals surface area contributed by atoms with Crippen molar-refractivity contribution in [1.82, 2.24) is 14.1 Å². The fraction of sp³-hybridized carbons (Fsp3) is 0.320. The lowest BCUT2D eigenvalue weighted by Crippen LogP contribution is -2.40. The van der Waals surface area contributed by atoms with Gasteiger partial charge < -0.3 is 4.74 Å². The van der Waals surface area contributed by atoms with Crippen molar-refractivity contribution >= 4 is 21.8 Å². The number of methoxy groups -OCH3 is 1. The molecule has 2 aromatic heterocycles. The Morgan fingerprint density at radius 2 is 1.81 bits per heavy atom. The Morgan fingerprint density at radius 1 is 1.03 bits per heavy atom. The van der Waals surface area contributed by atoms with Gasteiger partial charge in [-0.05, 0) is 49.9 Å². The van der Waals surface area contributed by atoms with E-state index in [1.54, 1.807) is 13.3 Å². The number of fused-ring (bicyclic) bond motifs is 3. The van der Waals surface area contributed by atoms with Gasteiger partial charge in [-0.15, -0.1) is 0 Å². The quantitative estimate of drug-likeness (QED) is 0.464. The zero-order valence-electron chi connectivity index (χ0n) is 18.0. The maximum Gasteiger partial charge on any atom is 0.336 e. The monoisotopic (exact) mass is 415 g/mol. The highest BCUT2D eigenvalue weighted by Gasteiger charge is 2.26. The molecule has 6 heteroatoms. The van der Waals surface area contributed by atoms with Crippen LogP contribution in [0.15, 0.2) is 52.2 Å². The lowest BCUT2D eigenvalue weighted by molar-refractivity contribution is 0.419. The minimum Gasteiger partial charge on any atom is -0.494 e. The summed E-state index contributed by atoms with van der Waals surface area (Å²) in [7, 11) is 1.60. The molecule has 6 nitrogen and oxygen atoms in total. The Balaban J connectivity index is 1.99. The molecule has 1 aliphatic rings. The fourth-order valence-electron chi connectivity index (χ4n) is 4.85. The highest BCUT2D eigenvalue weighted by molar-refractivity contribution is 6.05. The minimum atomic E-state index is -0.333. The number of aromatic nitrogens is 3. The molecule has 0 radical (unpaired) electrons. The number of ether oxygens (including phenoxy) is 1. The number of benzene rings is 2. The smallest absolute Gasteiger partial charge is 0.336 e. The van der Waals surface area contributed by atoms with Crippen LogP contribution in [0.3, 0.4) is 0 Å². The van der Waals surface area contributed by atoms with E-state index in [9.17, 15) is 9.59 Å². The number of nitrogens with zero attached hydrogens (tertiary/aromatic N) is 3. The molecular formula is C25H25N3O3. The van der Waals surface area contributed by atoms with Gasteiger partial charge in [0.1, 0.15) is 11.3 Å². The van der Waals surface area contributed by atoms with Gasteiger partial charge in [0.15, 0.2) is 0 Å². The number of hydrogen-bond donors (Lipinski definition) is 0. The third-order valence-electron chi connectivity index (χ3n) is 6.42. The fourth-order valence-corrected chi connectivity index (χ4v) is 4.85. The van der Waals surface area contributed by atoms with E-state index < -0.39 is 0 Å². The molecule has 1 fully saturated rings. The van der Waals surface area contributed by atoms with E-state index in [1.807, 2.05) is 54.8 Å². The third kappa shape index (κ3) is 2.97. The van der Waals surface area contributed by atoms with Crippen molar-refractivity contribution < 1.29 is 4.74 Å². The maximum absolute atomic E-state index is 13.9. The first kappa shape index (κ1) is 19.5. The van der Waals surface area contributed by atoms with E-state index in [4.69, 9.17) is 4.74 Å². The van der Waals surface area contributed by atoms with Crippen LogP contribution in [0.4, 0.5) is 0 Å². The summed E-state index contributed by atoms with van der Waals surface area (Å²) in [6.45, 7) is 3.89. The standard InChI is InChI=1S/C25H25N3O3/c1-15-11-12-16(2)20(13-15)28-24(29)19-14-26-22-18(9-6-10-21(22)31-3)23(19)27(25(28)30)17-7-4-5-8-17/h6,9-14,17H,4-5,7-8H2,1-3H3. The number of rotatable bonds is 3. The molecule has 0 unspecified atom stereocenters. The molecule has 1 aliphatic carbocycles. The normalized spacial score (nSPS) is 14.5. The van der Waals surface area contributed by atoms with Crippen molar-refractivity contribution in [3.63, 3.8) is 0 Å². The van der Waals surface area contributed by atoms with Crippen LogP contribution in [0.5, 0.6) is 5.75 Å². The second-order valence-electron chi connectivity index (χ2n) is 8.40. The minimum absolute atomic E-state index is 0.0590. The van der Waals surface area contributed by atoms with Gasteiger partial charge >= 0.3 is 5.69 Å². The van der Waals surface area contributed by atoms with Crippen LogP contribution in [0, 0.1) is 13.8 Å². The summed E-state index contributed by atoms with van der Waals surface area (Å²) in [5.74, 6) is 0.628. The topological polar surface area (TPSA) is 66.1 Å². The third-order valence-corrected chi connectivity index (χ3v) is 6.42. The van der Waals surface area contributed by atoms with Gasteiger partial charge in [-0.2, -0.15) is 0 Å². The zero-order valence-corrected chi connectivity index (χ0v) is 18.0. The molecule has 31 heavy (non-hydrogen) atoms. The SMILES string of the molecule is COc1cccc2c1ncc1c(=O)n(-c3cc(C)ccc3C)c(=O)n(C3CCCC3)c12. The van der Waals surface area contributed by atoms with Gasteiger partial charge in [-0.3, -0.25) is 14.3 Å². The molecule has 0 bridgehead atoms. The van der Waals surface area contributed by atoms with Crippen molar-refractivity contribution in [2.45, 2.75) is 45.6 Å². The summed E-state index contributed by atoms with van der Waals surface area (Å²) in [4.78, 5) is 32.1. The molecule has 5 rings (SSSR count). The Bertz CT molecular complexity index is 1440. The van der Waals surface area contributed by atoms with Gasteiger partial charge in [0.2, 0.25) is 0 Å². The van der Waals surface area contributed by atoms with E-state index in [0.717, 1.165) is 42.2 Å². The molecule has 0 spiro atoms. The summed E-state index contributed by atoms with van der Waals surface area (Å²) in [5, 5.41) is 1.22. The van der Waals surface area contributed by atoms with Gasteiger partial charge in [0.05, 0.1) is 23.7 Å². The second-order valence-corrected chi connectivity index (χ2v) is 8.40. The highest BCUT2D eigenvalue weighted by atomic mass is 16.5. The molecule has 158 valence electrons. The van der Waals surface area contributed by atoms with Crippen molar-refractivity contribution in [1.29, 1.82) is 0 Å². The van der Waals surface area contributed by atoms with E-state index in [1.165, 1.54) is 4.57 Å². The number of aryl methyl sites for hydroxylation is 2. The lowest BCUT2D eigenvalue weighted by Gasteiger charge is -2.21. The van der Waals surface area contributed by atoms with Crippen LogP contribution in [-0.2, 0) is 0 Å². The summed E-state index contributed by atoms with van der Waals surface area (Å²) >= 11 is 0. The van der Waals surface area contributed by atoms with E-state index in [-0.39, 0.29) is 17.3 Å². The molecule has 0 N–H and O–H groups in total. The molecule has 2 heterocycles. The van der Waals surface area contributed by atoms with Gasteiger partial charge in [-0.25, -0.2) is 9.36 Å². The predicted molar refractivity (Wildman–Crippen MR) is 123 cm³/mol. The van der Waals surface area contributed by atoms with Crippen molar-refractivity contribution in [3.05, 3.63) is 74.6 Å². The molecular weight excluding hydrogens is 390 g/mol. The van der Waals surface area contributed by atoms with Gasteiger partial charge in [0.25, 0.3) is 5.56 Å². The molecule has 2 aromatic carbocycles. The second kappa shape index (κ2) is 7.38. The summed E-state index contributed by atoms with van der Waals surface area (Å²) in [5.41, 5.74) is 3.22. The van der Waals surface area contributed by atoms with E-state index >= 15 is 0 Å². The molecule has 4 aromatic rings. The van der Waals surface area contributed by atoms with Crippen molar-refractivity contribution in [2.24, 2.45) is 0 Å². The Labute approximate surface area is 179 Å².